The summed E-state index contributed by atoms with van der Waals surface area (Å²) in [5.41, 5.74) is 1.44. The number of aryl methyl sites for hydroxylation is 1. The van der Waals surface area contributed by atoms with Crippen LogP contribution in [0.5, 0.6) is 0 Å². The van der Waals surface area contributed by atoms with Crippen LogP contribution in [0.25, 0.3) is 17.4 Å². The Morgan fingerprint density at radius 1 is 1.07 bits per heavy atom. The smallest absolute Gasteiger partial charge is 0.337 e. The number of hydrogen-bond donors (Lipinski definition) is 2. The van der Waals surface area contributed by atoms with Gasteiger partial charge in [0.2, 0.25) is 0 Å². The predicted octanol–water partition coefficient (Wildman–Crippen LogP) is 3.82. The first kappa shape index (κ1) is 19.6. The highest BCUT2D eigenvalue weighted by Crippen LogP contribution is 2.25. The van der Waals surface area contributed by atoms with Crippen LogP contribution < -0.4 is 0 Å². The summed E-state index contributed by atoms with van der Waals surface area (Å²) in [6.07, 6.45) is -0.203. The summed E-state index contributed by atoms with van der Waals surface area (Å²) >= 11 is 0. The predicted molar refractivity (Wildman–Crippen MR) is 104 cm³/mol. The molecule has 1 unspecified atom stereocenters. The van der Waals surface area contributed by atoms with E-state index in [0.29, 0.717) is 16.9 Å². The van der Waals surface area contributed by atoms with Gasteiger partial charge in [-0.1, -0.05) is 36.4 Å². The third-order valence-electron chi connectivity index (χ3n) is 4.11. The molecule has 144 valence electrons. The van der Waals surface area contributed by atoms with Gasteiger partial charge in [0.15, 0.2) is 15.9 Å². The average molecular weight is 398 g/mol. The molecular weight excluding hydrogens is 380 g/mol. The van der Waals surface area contributed by atoms with Crippen LogP contribution in [-0.4, -0.2) is 24.6 Å². The number of carboxylic acid groups (broad SMARTS) is 1. The second kappa shape index (κ2) is 7.84. The van der Waals surface area contributed by atoms with E-state index in [0.717, 1.165) is 11.2 Å². The molecule has 0 spiro atoms. The van der Waals surface area contributed by atoms with E-state index in [9.17, 15) is 18.3 Å². The summed E-state index contributed by atoms with van der Waals surface area (Å²) in [5.74, 6) is -0.0248. The number of aliphatic hydroxyl groups is 1. The molecule has 0 saturated heterocycles. The first-order valence-corrected chi connectivity index (χ1v) is 9.92. The quantitative estimate of drug-likeness (QED) is 0.654. The maximum absolute atomic E-state index is 12.6. The lowest BCUT2D eigenvalue weighted by Crippen LogP contribution is -2.10. The van der Waals surface area contributed by atoms with E-state index in [2.05, 4.69) is 0 Å². The zero-order valence-corrected chi connectivity index (χ0v) is 15.8. The van der Waals surface area contributed by atoms with Gasteiger partial charge in [-0.15, -0.1) is 0 Å². The number of carboxylic acids is 1. The number of aliphatic hydroxyl groups excluding tert-OH is 1. The van der Waals surface area contributed by atoms with E-state index in [-0.39, 0.29) is 10.5 Å². The minimum Gasteiger partial charge on any atom is -0.479 e. The number of sulfone groups is 1. The standard InChI is InChI=1S/C21H18O6S/c1-14-5-10-19(27-14)17-3-2-4-18(13-17)28(25,26)12-11-15-6-8-16(9-7-15)20(22)21(23)24/h2-13,20,22H,1H3,(H,23,24). The zero-order chi connectivity index (χ0) is 20.3. The molecule has 0 saturated carbocycles. The van der Waals surface area contributed by atoms with Crippen LogP contribution in [0.4, 0.5) is 0 Å². The van der Waals surface area contributed by atoms with Crippen molar-refractivity contribution in [2.75, 3.05) is 0 Å². The largest absolute Gasteiger partial charge is 0.479 e. The van der Waals surface area contributed by atoms with E-state index >= 15 is 0 Å². The fourth-order valence-electron chi connectivity index (χ4n) is 2.59. The van der Waals surface area contributed by atoms with Gasteiger partial charge in [-0.25, -0.2) is 13.2 Å². The van der Waals surface area contributed by atoms with Gasteiger partial charge >= 0.3 is 5.97 Å². The highest BCUT2D eigenvalue weighted by molar-refractivity contribution is 7.94. The van der Waals surface area contributed by atoms with Gasteiger partial charge in [-0.2, -0.15) is 0 Å². The average Bonchev–Trinajstić information content (AvgIpc) is 3.13. The van der Waals surface area contributed by atoms with Gasteiger partial charge in [0.05, 0.1) is 4.90 Å². The lowest BCUT2D eigenvalue weighted by molar-refractivity contribution is -0.146. The topological polar surface area (TPSA) is 105 Å². The summed E-state index contributed by atoms with van der Waals surface area (Å²) in [4.78, 5) is 10.9. The number of hydrogen-bond acceptors (Lipinski definition) is 5. The van der Waals surface area contributed by atoms with Crippen LogP contribution in [0.1, 0.15) is 23.0 Å². The van der Waals surface area contributed by atoms with Crippen LogP contribution in [-0.2, 0) is 14.6 Å². The molecule has 0 bridgehead atoms. The summed E-state index contributed by atoms with van der Waals surface area (Å²) < 4.78 is 30.8. The van der Waals surface area contributed by atoms with Crippen molar-refractivity contribution in [3.05, 3.63) is 83.0 Å². The van der Waals surface area contributed by atoms with Crippen molar-refractivity contribution >= 4 is 21.9 Å². The second-order valence-electron chi connectivity index (χ2n) is 6.19. The molecule has 1 atom stereocenters. The maximum atomic E-state index is 12.6. The molecule has 3 aromatic rings. The zero-order valence-electron chi connectivity index (χ0n) is 14.9. The lowest BCUT2D eigenvalue weighted by Gasteiger charge is -2.05. The van der Waals surface area contributed by atoms with Gasteiger partial charge in [0, 0.05) is 11.0 Å². The first-order chi connectivity index (χ1) is 13.3. The van der Waals surface area contributed by atoms with Crippen molar-refractivity contribution in [2.24, 2.45) is 0 Å². The Hall–Kier alpha value is -3.16. The first-order valence-electron chi connectivity index (χ1n) is 8.37. The highest BCUT2D eigenvalue weighted by atomic mass is 32.2. The van der Waals surface area contributed by atoms with Gasteiger partial charge in [-0.05, 0) is 48.4 Å². The number of aliphatic carboxylic acids is 1. The Bertz CT molecular complexity index is 1120. The van der Waals surface area contributed by atoms with Crippen molar-refractivity contribution in [3.63, 3.8) is 0 Å². The minimum atomic E-state index is -3.69. The number of carbonyl (C=O) groups is 1. The van der Waals surface area contributed by atoms with Crippen molar-refractivity contribution in [3.8, 4) is 11.3 Å². The molecule has 6 nitrogen and oxygen atoms in total. The van der Waals surface area contributed by atoms with Crippen molar-refractivity contribution < 1.29 is 27.8 Å². The Labute approximate surface area is 162 Å². The maximum Gasteiger partial charge on any atom is 0.337 e. The molecule has 1 heterocycles. The third kappa shape index (κ3) is 4.39. The molecule has 7 heteroatoms. The Morgan fingerprint density at radius 3 is 2.39 bits per heavy atom. The van der Waals surface area contributed by atoms with Crippen LogP contribution >= 0.6 is 0 Å². The Morgan fingerprint density at radius 2 is 1.79 bits per heavy atom. The Balaban J connectivity index is 1.83. The summed E-state index contributed by atoms with van der Waals surface area (Å²) in [5, 5.41) is 19.4. The molecule has 0 aliphatic rings. The van der Waals surface area contributed by atoms with E-state index in [4.69, 9.17) is 9.52 Å². The Kier molecular flexibility index (Phi) is 5.48. The lowest BCUT2D eigenvalue weighted by atomic mass is 10.1. The van der Waals surface area contributed by atoms with E-state index in [1.165, 1.54) is 36.4 Å². The fourth-order valence-corrected chi connectivity index (χ4v) is 3.65. The minimum absolute atomic E-state index is 0.133. The van der Waals surface area contributed by atoms with Crippen molar-refractivity contribution in [2.45, 2.75) is 17.9 Å². The van der Waals surface area contributed by atoms with Gasteiger partial charge < -0.3 is 14.6 Å². The van der Waals surface area contributed by atoms with E-state index in [1.807, 2.05) is 6.92 Å². The molecule has 2 N–H and O–H groups in total. The summed E-state index contributed by atoms with van der Waals surface area (Å²) in [7, 11) is -3.69. The molecule has 0 radical (unpaired) electrons. The van der Waals surface area contributed by atoms with E-state index in [1.54, 1.807) is 30.3 Å². The second-order valence-corrected chi connectivity index (χ2v) is 8.03. The van der Waals surface area contributed by atoms with Crippen molar-refractivity contribution in [1.82, 2.24) is 0 Å². The van der Waals surface area contributed by atoms with Gasteiger partial charge in [-0.3, -0.25) is 0 Å². The SMILES string of the molecule is Cc1ccc(-c2cccc(S(=O)(=O)C=Cc3ccc(C(O)C(=O)O)cc3)c2)o1. The highest BCUT2D eigenvalue weighted by Gasteiger charge is 2.15. The molecule has 0 fully saturated rings. The van der Waals surface area contributed by atoms with Crippen LogP contribution in [0, 0.1) is 6.92 Å². The molecule has 1 aromatic heterocycles. The third-order valence-corrected chi connectivity index (χ3v) is 5.52. The van der Waals surface area contributed by atoms with E-state index < -0.39 is 21.9 Å². The number of rotatable bonds is 6. The molecule has 0 aliphatic carbocycles. The van der Waals surface area contributed by atoms with Gasteiger partial charge in [0.25, 0.3) is 0 Å². The van der Waals surface area contributed by atoms with Crippen molar-refractivity contribution in [1.29, 1.82) is 0 Å². The molecule has 0 amide bonds. The molecule has 2 aromatic carbocycles. The molecule has 0 aliphatic heterocycles. The summed E-state index contributed by atoms with van der Waals surface area (Å²) in [6, 6.07) is 16.0. The van der Waals surface area contributed by atoms with Crippen LogP contribution in [0.2, 0.25) is 0 Å². The van der Waals surface area contributed by atoms with Gasteiger partial charge in [0.1, 0.15) is 11.5 Å². The monoisotopic (exact) mass is 398 g/mol. The van der Waals surface area contributed by atoms with Crippen LogP contribution in [0.3, 0.4) is 0 Å². The normalized spacial score (nSPS) is 12.9. The molecule has 28 heavy (non-hydrogen) atoms. The fraction of sp³-hybridized carbons (Fsp3) is 0.0952. The van der Waals surface area contributed by atoms with Crippen LogP contribution in [0.15, 0.2) is 75.4 Å². The number of benzene rings is 2. The molecule has 3 rings (SSSR count). The summed E-state index contributed by atoms with van der Waals surface area (Å²) in [6.45, 7) is 1.81. The molecular formula is C21H18O6S. The number of furan rings is 1.